The molecule has 1 aromatic rings. The minimum atomic E-state index is -1.23. The highest BCUT2D eigenvalue weighted by Crippen LogP contribution is 2.43. The quantitative estimate of drug-likeness (QED) is 0.652. The predicted molar refractivity (Wildman–Crippen MR) is 106 cm³/mol. The van der Waals surface area contributed by atoms with Gasteiger partial charge in [0, 0.05) is 30.7 Å². The molecule has 1 amide bonds. The maximum absolute atomic E-state index is 15.0. The summed E-state index contributed by atoms with van der Waals surface area (Å²) in [4.78, 5) is 26.7. The average molecular weight is 405 g/mol. The van der Waals surface area contributed by atoms with Crippen molar-refractivity contribution in [2.24, 2.45) is 5.92 Å². The van der Waals surface area contributed by atoms with Crippen LogP contribution in [0.15, 0.2) is 18.2 Å². The van der Waals surface area contributed by atoms with Gasteiger partial charge in [-0.2, -0.15) is 0 Å². The highest BCUT2D eigenvalue weighted by Gasteiger charge is 2.48. The lowest BCUT2D eigenvalue weighted by Crippen LogP contribution is -2.61. The molecule has 158 valence electrons. The van der Waals surface area contributed by atoms with E-state index in [1.54, 1.807) is 12.1 Å². The third-order valence-corrected chi connectivity index (χ3v) is 6.69. The molecule has 2 bridgehead atoms. The van der Waals surface area contributed by atoms with Crippen LogP contribution in [0.3, 0.4) is 0 Å². The average Bonchev–Trinajstić information content (AvgIpc) is 2.92. The summed E-state index contributed by atoms with van der Waals surface area (Å²) in [6.07, 6.45) is 5.04. The van der Waals surface area contributed by atoms with Gasteiger partial charge in [0.25, 0.3) is 0 Å². The van der Waals surface area contributed by atoms with Gasteiger partial charge in [-0.3, -0.25) is 10.2 Å². The van der Waals surface area contributed by atoms with Crippen molar-refractivity contribution in [2.45, 2.75) is 69.3 Å². The number of carbonyl (C=O) groups excluding carboxylic acids is 1. The smallest absolute Gasteiger partial charge is 0.409 e. The second-order valence-corrected chi connectivity index (χ2v) is 8.47. The minimum absolute atomic E-state index is 0.0910. The van der Waals surface area contributed by atoms with Crippen LogP contribution in [0.1, 0.15) is 44.9 Å². The summed E-state index contributed by atoms with van der Waals surface area (Å²) in [5.41, 5.74) is 0.630. The van der Waals surface area contributed by atoms with E-state index in [1.807, 2.05) is 0 Å². The number of aldehydes is 1. The van der Waals surface area contributed by atoms with Gasteiger partial charge < -0.3 is 19.9 Å². The van der Waals surface area contributed by atoms with E-state index in [1.165, 1.54) is 6.07 Å². The maximum atomic E-state index is 15.0. The molecule has 3 aliphatic rings. The number of halogens is 1. The fraction of sp³-hybridized carbons (Fsp3) is 0.619. The van der Waals surface area contributed by atoms with Crippen LogP contribution in [-0.4, -0.2) is 58.4 Å². The first-order valence-electron chi connectivity index (χ1n) is 10.4. The largest absolute Gasteiger partial charge is 0.465 e. The summed E-state index contributed by atoms with van der Waals surface area (Å²) in [7, 11) is 0. The Labute approximate surface area is 169 Å². The predicted octanol–water partition coefficient (Wildman–Crippen LogP) is 3.03. The minimum Gasteiger partial charge on any atom is -0.465 e. The molecule has 4 atom stereocenters. The number of nitrogens with zero attached hydrogens (tertiary/aromatic N) is 2. The Balaban J connectivity index is 1.67. The molecule has 0 saturated carbocycles. The number of piperidine rings is 2. The zero-order valence-corrected chi connectivity index (χ0v) is 16.3. The zero-order valence-electron chi connectivity index (χ0n) is 16.3. The number of anilines is 2. The van der Waals surface area contributed by atoms with Crippen LogP contribution in [0.4, 0.5) is 20.6 Å². The molecule has 0 spiro atoms. The number of aliphatic hydroxyl groups excluding tert-OH is 1. The number of aliphatic hydroxyl groups is 1. The van der Waals surface area contributed by atoms with Crippen molar-refractivity contribution in [1.82, 2.24) is 4.90 Å². The lowest BCUT2D eigenvalue weighted by Gasteiger charge is -2.52. The first-order chi connectivity index (χ1) is 14.0. The SMILES string of the molecule is O=CCC1CCCN(c2ccc(NC(=O)O)cc2F)C1N1C2CCC1CC(O)C2. The van der Waals surface area contributed by atoms with E-state index >= 15 is 4.39 Å². The number of fused-ring (bicyclic) bond motifs is 2. The van der Waals surface area contributed by atoms with Crippen LogP contribution in [0.25, 0.3) is 0 Å². The van der Waals surface area contributed by atoms with Gasteiger partial charge in [0.15, 0.2) is 0 Å². The number of carbonyl (C=O) groups is 2. The Morgan fingerprint density at radius 1 is 1.24 bits per heavy atom. The normalized spacial score (nSPS) is 32.2. The number of benzene rings is 1. The van der Waals surface area contributed by atoms with Gasteiger partial charge in [-0.25, -0.2) is 9.18 Å². The van der Waals surface area contributed by atoms with Gasteiger partial charge in [-0.05, 0) is 62.6 Å². The van der Waals surface area contributed by atoms with Gasteiger partial charge in [-0.1, -0.05) is 0 Å². The molecule has 0 aliphatic carbocycles. The number of hydrogen-bond donors (Lipinski definition) is 3. The topological polar surface area (TPSA) is 93.1 Å². The van der Waals surface area contributed by atoms with E-state index in [4.69, 9.17) is 5.11 Å². The Kier molecular flexibility index (Phi) is 5.74. The van der Waals surface area contributed by atoms with Crippen LogP contribution < -0.4 is 10.2 Å². The number of rotatable bonds is 5. The number of nitrogens with one attached hydrogen (secondary N) is 1. The lowest BCUT2D eigenvalue weighted by molar-refractivity contribution is -0.109. The maximum Gasteiger partial charge on any atom is 0.409 e. The van der Waals surface area contributed by atoms with E-state index in [9.17, 15) is 14.7 Å². The second-order valence-electron chi connectivity index (χ2n) is 8.47. The molecule has 3 fully saturated rings. The fourth-order valence-corrected chi connectivity index (χ4v) is 5.65. The number of hydrogen-bond acceptors (Lipinski definition) is 5. The third-order valence-electron chi connectivity index (χ3n) is 6.69. The van der Waals surface area contributed by atoms with Gasteiger partial charge in [0.1, 0.15) is 12.1 Å². The van der Waals surface area contributed by atoms with Crippen LogP contribution in [0.2, 0.25) is 0 Å². The molecule has 29 heavy (non-hydrogen) atoms. The molecule has 1 aromatic carbocycles. The molecule has 8 heteroatoms. The van der Waals surface area contributed by atoms with Crippen LogP contribution in [-0.2, 0) is 4.79 Å². The molecule has 0 aromatic heterocycles. The molecular formula is C21H28FN3O4. The second kappa shape index (κ2) is 8.28. The summed E-state index contributed by atoms with van der Waals surface area (Å²) in [5, 5.41) is 21.2. The first-order valence-corrected chi connectivity index (χ1v) is 10.4. The Morgan fingerprint density at radius 3 is 2.59 bits per heavy atom. The van der Waals surface area contributed by atoms with Gasteiger partial charge in [-0.15, -0.1) is 0 Å². The Morgan fingerprint density at radius 2 is 1.97 bits per heavy atom. The first kappa shape index (κ1) is 20.1. The third kappa shape index (κ3) is 3.96. The molecule has 3 saturated heterocycles. The van der Waals surface area contributed by atoms with Crippen molar-refractivity contribution in [1.29, 1.82) is 0 Å². The molecule has 4 unspecified atom stereocenters. The van der Waals surface area contributed by atoms with Crippen molar-refractivity contribution in [2.75, 3.05) is 16.8 Å². The van der Waals surface area contributed by atoms with Crippen LogP contribution in [0.5, 0.6) is 0 Å². The van der Waals surface area contributed by atoms with Crippen LogP contribution >= 0.6 is 0 Å². The van der Waals surface area contributed by atoms with Gasteiger partial charge >= 0.3 is 6.09 Å². The lowest BCUT2D eigenvalue weighted by atomic mass is 9.87. The van der Waals surface area contributed by atoms with Crippen molar-refractivity contribution in [3.63, 3.8) is 0 Å². The van der Waals surface area contributed by atoms with E-state index in [0.29, 0.717) is 18.7 Å². The van der Waals surface area contributed by atoms with Crippen molar-refractivity contribution >= 4 is 23.8 Å². The van der Waals surface area contributed by atoms with E-state index < -0.39 is 11.9 Å². The van der Waals surface area contributed by atoms with Crippen molar-refractivity contribution < 1.29 is 24.2 Å². The van der Waals surface area contributed by atoms with E-state index in [-0.39, 0.29) is 36.0 Å². The Bertz CT molecular complexity index is 762. The van der Waals surface area contributed by atoms with Crippen molar-refractivity contribution in [3.05, 3.63) is 24.0 Å². The monoisotopic (exact) mass is 405 g/mol. The molecule has 3 heterocycles. The van der Waals surface area contributed by atoms with Gasteiger partial charge in [0.2, 0.25) is 0 Å². The fourth-order valence-electron chi connectivity index (χ4n) is 5.65. The zero-order chi connectivity index (χ0) is 20.5. The van der Waals surface area contributed by atoms with E-state index in [0.717, 1.165) is 44.8 Å². The number of amides is 1. The van der Waals surface area contributed by atoms with Crippen LogP contribution in [0, 0.1) is 11.7 Å². The summed E-state index contributed by atoms with van der Waals surface area (Å²) < 4.78 is 15.0. The molecule has 7 nitrogen and oxygen atoms in total. The van der Waals surface area contributed by atoms with Gasteiger partial charge in [0.05, 0.1) is 18.0 Å². The highest BCUT2D eigenvalue weighted by atomic mass is 19.1. The summed E-state index contributed by atoms with van der Waals surface area (Å²) in [5.74, 6) is -0.367. The molecule has 3 aliphatic heterocycles. The molecule has 4 rings (SSSR count). The molecule has 3 N–H and O–H groups in total. The van der Waals surface area contributed by atoms with E-state index in [2.05, 4.69) is 15.1 Å². The molecule has 0 radical (unpaired) electrons. The van der Waals surface area contributed by atoms with Crippen molar-refractivity contribution in [3.8, 4) is 0 Å². The summed E-state index contributed by atoms with van der Waals surface area (Å²) in [6, 6.07) is 4.90. The standard InChI is InChI=1S/C21H28FN3O4/c22-18-10-14(23-21(28)29)3-6-19(18)24-8-1-2-13(7-9-26)20(24)25-15-4-5-16(25)12-17(27)11-15/h3,6,9-10,13,15-17,20,23,27H,1-2,4-5,7-8,11-12H2,(H,28,29). The number of carboxylic acid groups (broad SMARTS) is 1. The summed E-state index contributed by atoms with van der Waals surface area (Å²) >= 11 is 0. The summed E-state index contributed by atoms with van der Waals surface area (Å²) in [6.45, 7) is 0.682. The molecular weight excluding hydrogens is 377 g/mol. The highest BCUT2D eigenvalue weighted by molar-refractivity contribution is 5.83. The Hall–Kier alpha value is -2.19.